The molecule has 2 aliphatic heterocycles. The van der Waals surface area contributed by atoms with Gasteiger partial charge < -0.3 is 14.2 Å². The number of hydrogen-bond acceptors (Lipinski definition) is 8. The van der Waals surface area contributed by atoms with Gasteiger partial charge in [0.15, 0.2) is 0 Å². The number of nitrogens with one attached hydrogen (secondary N) is 1. The van der Waals surface area contributed by atoms with E-state index in [1.54, 1.807) is 61.3 Å². The predicted octanol–water partition coefficient (Wildman–Crippen LogP) is 2.82. The van der Waals surface area contributed by atoms with Crippen LogP contribution in [0.25, 0.3) is 0 Å². The van der Waals surface area contributed by atoms with Crippen molar-refractivity contribution < 1.29 is 28.6 Å². The maximum atomic E-state index is 13.8. The Balaban J connectivity index is 1.89. The van der Waals surface area contributed by atoms with Crippen LogP contribution in [0.4, 0.5) is 5.69 Å². The highest BCUT2D eigenvalue weighted by atomic mass is 32.2. The Bertz CT molecular complexity index is 1090. The number of amides is 2. The molecule has 0 unspecified atom stereocenters. The van der Waals surface area contributed by atoms with Crippen molar-refractivity contribution >= 4 is 35.2 Å². The van der Waals surface area contributed by atoms with Gasteiger partial charge >= 0.3 is 5.97 Å². The molecule has 8 nitrogen and oxygen atoms in total. The molecule has 4 atom stereocenters. The fraction of sp³-hybridized carbons (Fsp3) is 0.400. The zero-order valence-electron chi connectivity index (χ0n) is 19.6. The van der Waals surface area contributed by atoms with E-state index in [0.717, 1.165) is 0 Å². The number of fused-ring (bicyclic) bond motifs is 1. The number of thioether (sulfide) groups is 1. The van der Waals surface area contributed by atoms with Crippen LogP contribution in [0.1, 0.15) is 18.0 Å². The molecule has 0 radical (unpaired) electrons. The second kappa shape index (κ2) is 9.68. The first kappa shape index (κ1) is 24.1. The van der Waals surface area contributed by atoms with Gasteiger partial charge in [-0.1, -0.05) is 24.3 Å². The number of hydrogen-bond donors (Lipinski definition) is 1. The first-order valence-electron chi connectivity index (χ1n) is 10.9. The lowest BCUT2D eigenvalue weighted by Gasteiger charge is -2.32. The van der Waals surface area contributed by atoms with Crippen LogP contribution in [0.5, 0.6) is 11.5 Å². The molecule has 2 heterocycles. The highest BCUT2D eigenvalue weighted by Gasteiger charge is 2.69. The number of carbonyl (C=O) groups excluding carboxylic acids is 3. The highest BCUT2D eigenvalue weighted by molar-refractivity contribution is 7.98. The summed E-state index contributed by atoms with van der Waals surface area (Å²) >= 11 is 1.56. The normalized spacial score (nSPS) is 25.9. The summed E-state index contributed by atoms with van der Waals surface area (Å²) in [7, 11) is 4.39. The largest absolute Gasteiger partial charge is 0.497 e. The quantitative estimate of drug-likeness (QED) is 0.452. The monoisotopic (exact) mass is 484 g/mol. The zero-order valence-corrected chi connectivity index (χ0v) is 20.4. The molecule has 0 spiro atoms. The van der Waals surface area contributed by atoms with Crippen molar-refractivity contribution in [1.82, 2.24) is 5.32 Å². The first-order valence-corrected chi connectivity index (χ1v) is 12.3. The lowest BCUT2D eigenvalue weighted by Crippen LogP contribution is -2.56. The third-order valence-electron chi connectivity index (χ3n) is 6.69. The van der Waals surface area contributed by atoms with Gasteiger partial charge in [-0.05, 0) is 36.6 Å². The Hall–Kier alpha value is -3.04. The number of methoxy groups -OCH3 is 3. The molecular weight excluding hydrogens is 456 g/mol. The number of rotatable bonds is 8. The summed E-state index contributed by atoms with van der Waals surface area (Å²) < 4.78 is 16.1. The molecule has 4 rings (SSSR count). The number of ether oxygens (including phenoxy) is 3. The van der Waals surface area contributed by atoms with Crippen LogP contribution in [0, 0.1) is 11.8 Å². The minimum absolute atomic E-state index is 0.332. The Labute approximate surface area is 202 Å². The molecule has 0 aliphatic carbocycles. The summed E-state index contributed by atoms with van der Waals surface area (Å²) in [6.07, 6.45) is 2.26. The lowest BCUT2D eigenvalue weighted by atomic mass is 9.77. The van der Waals surface area contributed by atoms with Gasteiger partial charge in [0, 0.05) is 17.7 Å². The van der Waals surface area contributed by atoms with Gasteiger partial charge in [-0.15, -0.1) is 0 Å². The summed E-state index contributed by atoms with van der Waals surface area (Å²) in [6.45, 7) is 0. The van der Waals surface area contributed by atoms with Gasteiger partial charge in [0.05, 0.1) is 38.9 Å². The van der Waals surface area contributed by atoms with E-state index in [2.05, 4.69) is 5.32 Å². The van der Waals surface area contributed by atoms with Crippen LogP contribution in [0.15, 0.2) is 48.5 Å². The maximum Gasteiger partial charge on any atom is 0.326 e. The fourth-order valence-electron chi connectivity index (χ4n) is 5.14. The SMILES string of the molecule is COC(=O)[C@]1(CCSC)N[C@H](c2ccc(OC)cc2OC)[C@H]2C(=O)N(c3ccccc3)C(=O)[C@@H]21. The van der Waals surface area contributed by atoms with E-state index in [4.69, 9.17) is 14.2 Å². The fourth-order valence-corrected chi connectivity index (χ4v) is 5.67. The van der Waals surface area contributed by atoms with Crippen LogP contribution in [-0.4, -0.2) is 56.7 Å². The van der Waals surface area contributed by atoms with Crippen molar-refractivity contribution in [3.63, 3.8) is 0 Å². The van der Waals surface area contributed by atoms with Crippen molar-refractivity contribution in [2.75, 3.05) is 38.2 Å². The number of esters is 1. The molecule has 0 aromatic heterocycles. The van der Waals surface area contributed by atoms with Gasteiger partial charge in [-0.25, -0.2) is 4.90 Å². The minimum atomic E-state index is -1.35. The Morgan fingerprint density at radius 3 is 2.41 bits per heavy atom. The number of imide groups is 1. The van der Waals surface area contributed by atoms with Gasteiger partial charge in [0.1, 0.15) is 17.0 Å². The number of carbonyl (C=O) groups is 3. The average molecular weight is 485 g/mol. The smallest absolute Gasteiger partial charge is 0.326 e. The summed E-state index contributed by atoms with van der Waals surface area (Å²) in [4.78, 5) is 42.1. The third-order valence-corrected chi connectivity index (χ3v) is 7.31. The average Bonchev–Trinajstić information content (AvgIpc) is 3.36. The number of anilines is 1. The van der Waals surface area contributed by atoms with Crippen molar-refractivity contribution in [2.24, 2.45) is 11.8 Å². The highest BCUT2D eigenvalue weighted by Crippen LogP contribution is 2.53. The van der Waals surface area contributed by atoms with Gasteiger partial charge in [0.25, 0.3) is 0 Å². The van der Waals surface area contributed by atoms with E-state index >= 15 is 0 Å². The molecule has 180 valence electrons. The molecule has 2 aromatic carbocycles. The molecule has 2 saturated heterocycles. The van der Waals surface area contributed by atoms with Crippen molar-refractivity contribution in [3.05, 3.63) is 54.1 Å². The Morgan fingerprint density at radius 2 is 1.79 bits per heavy atom. The summed E-state index contributed by atoms with van der Waals surface area (Å²) in [5.41, 5.74) is -0.200. The first-order chi connectivity index (χ1) is 16.4. The molecule has 1 N–H and O–H groups in total. The van der Waals surface area contributed by atoms with E-state index in [1.165, 1.54) is 19.1 Å². The van der Waals surface area contributed by atoms with E-state index < -0.39 is 35.3 Å². The van der Waals surface area contributed by atoms with E-state index in [9.17, 15) is 14.4 Å². The number of nitrogens with zero attached hydrogens (tertiary/aromatic N) is 1. The van der Waals surface area contributed by atoms with Crippen LogP contribution < -0.4 is 19.7 Å². The number of para-hydroxylation sites is 1. The topological polar surface area (TPSA) is 94.2 Å². The lowest BCUT2D eigenvalue weighted by molar-refractivity contribution is -0.152. The standard InChI is InChI=1S/C25H28N2O6S/c1-31-16-10-11-17(18(14-16)32-2)21-19-20(25(26-21,12-13-34-4)24(30)33-3)23(29)27(22(19)28)15-8-6-5-7-9-15/h5-11,14,19-21,26H,12-13H2,1-4H3/t19-,20+,21+,25+/m0/s1. The van der Waals surface area contributed by atoms with Gasteiger partial charge in [-0.2, -0.15) is 11.8 Å². The predicted molar refractivity (Wildman–Crippen MR) is 129 cm³/mol. The molecule has 2 aromatic rings. The van der Waals surface area contributed by atoms with Crippen molar-refractivity contribution in [2.45, 2.75) is 18.0 Å². The third kappa shape index (κ3) is 3.73. The van der Waals surface area contributed by atoms with Gasteiger partial charge in [0.2, 0.25) is 11.8 Å². The second-order valence-electron chi connectivity index (χ2n) is 8.29. The van der Waals surface area contributed by atoms with E-state index in [1.807, 2.05) is 12.3 Å². The van der Waals surface area contributed by atoms with E-state index in [0.29, 0.717) is 34.9 Å². The molecule has 2 aliphatic rings. The van der Waals surface area contributed by atoms with Gasteiger partial charge in [-0.3, -0.25) is 19.7 Å². The molecule has 34 heavy (non-hydrogen) atoms. The minimum Gasteiger partial charge on any atom is -0.497 e. The summed E-state index contributed by atoms with van der Waals surface area (Å²) in [5.74, 6) is -1.35. The zero-order chi connectivity index (χ0) is 24.5. The Kier molecular flexibility index (Phi) is 6.86. The van der Waals surface area contributed by atoms with E-state index in [-0.39, 0.29) is 5.91 Å². The molecule has 9 heteroatoms. The second-order valence-corrected chi connectivity index (χ2v) is 9.27. The van der Waals surface area contributed by atoms with Crippen LogP contribution in [-0.2, 0) is 19.1 Å². The molecule has 0 bridgehead atoms. The molecular formula is C25H28N2O6S. The molecule has 2 amide bonds. The van der Waals surface area contributed by atoms with Crippen LogP contribution >= 0.6 is 11.8 Å². The van der Waals surface area contributed by atoms with Crippen LogP contribution in [0.2, 0.25) is 0 Å². The number of benzene rings is 2. The summed E-state index contributed by atoms with van der Waals surface area (Å²) in [5, 5.41) is 3.38. The van der Waals surface area contributed by atoms with Crippen molar-refractivity contribution in [1.29, 1.82) is 0 Å². The Morgan fingerprint density at radius 1 is 1.06 bits per heavy atom. The maximum absolute atomic E-state index is 13.8. The van der Waals surface area contributed by atoms with Crippen LogP contribution in [0.3, 0.4) is 0 Å². The molecule has 0 saturated carbocycles. The van der Waals surface area contributed by atoms with Crippen molar-refractivity contribution in [3.8, 4) is 11.5 Å². The molecule has 2 fully saturated rings. The summed E-state index contributed by atoms with van der Waals surface area (Å²) in [6, 6.07) is 13.4.